The zero-order chi connectivity index (χ0) is 27.2. The summed E-state index contributed by atoms with van der Waals surface area (Å²) in [5, 5.41) is 3.14. The van der Waals surface area contributed by atoms with Crippen LogP contribution in [-0.4, -0.2) is 62.6 Å². The Hall–Kier alpha value is -4.07. The van der Waals surface area contributed by atoms with Crippen molar-refractivity contribution in [2.24, 2.45) is 0 Å². The van der Waals surface area contributed by atoms with Crippen molar-refractivity contribution in [2.75, 3.05) is 45.8 Å². The average Bonchev–Trinajstić information content (AvgIpc) is 2.94. The molecule has 0 spiro atoms. The number of likely N-dealkylation sites (N-methyl/N-ethyl adjacent to an activating group) is 1. The average molecular weight is 517 g/mol. The van der Waals surface area contributed by atoms with Crippen LogP contribution in [0.2, 0.25) is 0 Å². The summed E-state index contributed by atoms with van der Waals surface area (Å²) in [5.74, 6) is -0.0532. The Morgan fingerprint density at radius 2 is 1.87 bits per heavy atom. The highest BCUT2D eigenvalue weighted by Gasteiger charge is 2.43. The van der Waals surface area contributed by atoms with Crippen LogP contribution in [0, 0.1) is 6.92 Å². The molecule has 2 aromatic carbocycles. The lowest BCUT2D eigenvalue weighted by molar-refractivity contribution is -0.124. The zero-order valence-electron chi connectivity index (χ0n) is 22.7. The first-order chi connectivity index (χ1) is 18.4. The summed E-state index contributed by atoms with van der Waals surface area (Å²) in [6.45, 7) is 6.43. The summed E-state index contributed by atoms with van der Waals surface area (Å²) < 4.78 is 11.0. The van der Waals surface area contributed by atoms with Crippen LogP contribution in [0.15, 0.2) is 60.9 Å². The highest BCUT2D eigenvalue weighted by Crippen LogP contribution is 2.45. The summed E-state index contributed by atoms with van der Waals surface area (Å²) in [5.41, 5.74) is 4.24. The van der Waals surface area contributed by atoms with Crippen molar-refractivity contribution in [1.29, 1.82) is 0 Å². The molecule has 0 saturated heterocycles. The third-order valence-electron chi connectivity index (χ3n) is 7.14. The topological polar surface area (TPSA) is 84.0 Å². The number of ether oxygens (including phenoxy) is 2. The van der Waals surface area contributed by atoms with Crippen molar-refractivity contribution in [3.05, 3.63) is 83.2 Å². The first-order valence-corrected chi connectivity index (χ1v) is 12.9. The number of aromatic nitrogens is 1. The van der Waals surface area contributed by atoms with E-state index in [9.17, 15) is 9.59 Å². The maximum absolute atomic E-state index is 13.8. The number of methoxy groups -OCH3 is 2. The summed E-state index contributed by atoms with van der Waals surface area (Å²) in [6, 6.07) is 15.1. The minimum absolute atomic E-state index is 0.148. The molecule has 8 heteroatoms. The number of fused-ring (bicyclic) bond motifs is 1. The molecule has 0 radical (unpaired) electrons. The van der Waals surface area contributed by atoms with Gasteiger partial charge in [0, 0.05) is 50.3 Å². The molecule has 1 aromatic heterocycles. The van der Waals surface area contributed by atoms with Crippen LogP contribution >= 0.6 is 0 Å². The first kappa shape index (κ1) is 27.0. The quantitative estimate of drug-likeness (QED) is 0.404. The number of carbonyl (C=O) groups excluding carboxylic acids is 2. The van der Waals surface area contributed by atoms with Gasteiger partial charge in [-0.2, -0.15) is 0 Å². The SMILES string of the molecule is CCN(CCCNC(=O)C1c2cc(OC)c(OC)cc2C(=O)N(C)C1c1cccnc1)c1cccc(C)c1. The number of hydrogen-bond donors (Lipinski definition) is 1. The van der Waals surface area contributed by atoms with E-state index >= 15 is 0 Å². The molecule has 0 aliphatic carbocycles. The van der Waals surface area contributed by atoms with Gasteiger partial charge in [0.1, 0.15) is 0 Å². The number of rotatable bonds is 10. The number of amides is 2. The Morgan fingerprint density at radius 3 is 2.53 bits per heavy atom. The summed E-state index contributed by atoms with van der Waals surface area (Å²) >= 11 is 0. The van der Waals surface area contributed by atoms with Crippen LogP contribution in [-0.2, 0) is 4.79 Å². The van der Waals surface area contributed by atoms with Crippen LogP contribution < -0.4 is 19.7 Å². The molecule has 2 heterocycles. The third-order valence-corrected chi connectivity index (χ3v) is 7.14. The number of anilines is 1. The molecule has 2 atom stereocenters. The number of aryl methyl sites for hydroxylation is 1. The number of benzene rings is 2. The highest BCUT2D eigenvalue weighted by atomic mass is 16.5. The van der Waals surface area contributed by atoms with Gasteiger partial charge in [-0.1, -0.05) is 18.2 Å². The maximum Gasteiger partial charge on any atom is 0.254 e. The smallest absolute Gasteiger partial charge is 0.254 e. The van der Waals surface area contributed by atoms with Crippen molar-refractivity contribution in [2.45, 2.75) is 32.2 Å². The number of carbonyl (C=O) groups is 2. The van der Waals surface area contributed by atoms with Crippen LogP contribution in [0.5, 0.6) is 11.5 Å². The van der Waals surface area contributed by atoms with Crippen molar-refractivity contribution >= 4 is 17.5 Å². The minimum Gasteiger partial charge on any atom is -0.493 e. The van der Waals surface area contributed by atoms with E-state index in [-0.39, 0.29) is 11.8 Å². The molecule has 0 fully saturated rings. The summed E-state index contributed by atoms with van der Waals surface area (Å²) in [7, 11) is 4.80. The molecule has 1 aliphatic rings. The molecular formula is C30H36N4O4. The Bertz CT molecular complexity index is 1280. The maximum atomic E-state index is 13.8. The lowest BCUT2D eigenvalue weighted by Gasteiger charge is -2.40. The van der Waals surface area contributed by atoms with E-state index in [1.165, 1.54) is 18.4 Å². The summed E-state index contributed by atoms with van der Waals surface area (Å²) in [6.07, 6.45) is 4.17. The van der Waals surface area contributed by atoms with Gasteiger partial charge < -0.3 is 24.6 Å². The second-order valence-electron chi connectivity index (χ2n) is 9.48. The predicted molar refractivity (Wildman–Crippen MR) is 148 cm³/mol. The minimum atomic E-state index is -0.643. The number of hydrogen-bond acceptors (Lipinski definition) is 6. The molecule has 200 valence electrons. The molecular weight excluding hydrogens is 480 g/mol. The molecule has 3 aromatic rings. The second kappa shape index (κ2) is 12.0. The van der Waals surface area contributed by atoms with Gasteiger partial charge in [0.05, 0.1) is 26.2 Å². The van der Waals surface area contributed by atoms with E-state index in [4.69, 9.17) is 9.47 Å². The third kappa shape index (κ3) is 5.44. The molecule has 1 aliphatic heterocycles. The Balaban J connectivity index is 1.59. The van der Waals surface area contributed by atoms with Crippen molar-refractivity contribution in [3.8, 4) is 11.5 Å². The standard InChI is InChI=1S/C30H36N4O4/c1-6-34(22-12-7-10-20(2)16-22)15-9-14-32-29(35)27-23-17-25(37-4)26(38-5)18-24(23)30(36)33(3)28(27)21-11-8-13-31-19-21/h7-8,10-13,16-19,27-28H,6,9,14-15H2,1-5H3,(H,32,35). The lowest BCUT2D eigenvalue weighted by Crippen LogP contribution is -2.46. The van der Waals surface area contributed by atoms with E-state index in [1.807, 2.05) is 12.1 Å². The number of nitrogens with zero attached hydrogens (tertiary/aromatic N) is 3. The van der Waals surface area contributed by atoms with Gasteiger partial charge in [0.25, 0.3) is 5.91 Å². The fourth-order valence-electron chi connectivity index (χ4n) is 5.18. The summed E-state index contributed by atoms with van der Waals surface area (Å²) in [4.78, 5) is 35.4. The van der Waals surface area contributed by atoms with Crippen molar-refractivity contribution < 1.29 is 19.1 Å². The van der Waals surface area contributed by atoms with Crippen molar-refractivity contribution in [3.63, 3.8) is 0 Å². The molecule has 1 N–H and O–H groups in total. The van der Waals surface area contributed by atoms with Gasteiger partial charge >= 0.3 is 0 Å². The van der Waals surface area contributed by atoms with E-state index in [2.05, 4.69) is 53.3 Å². The first-order valence-electron chi connectivity index (χ1n) is 12.9. The van der Waals surface area contributed by atoms with Crippen LogP contribution in [0.4, 0.5) is 5.69 Å². The fourth-order valence-corrected chi connectivity index (χ4v) is 5.18. The van der Waals surface area contributed by atoms with Crippen LogP contribution in [0.25, 0.3) is 0 Å². The monoisotopic (exact) mass is 516 g/mol. The molecule has 2 unspecified atom stereocenters. The van der Waals surface area contributed by atoms with E-state index in [0.29, 0.717) is 29.2 Å². The van der Waals surface area contributed by atoms with Gasteiger partial charge in [-0.3, -0.25) is 14.6 Å². The fraction of sp³-hybridized carbons (Fsp3) is 0.367. The van der Waals surface area contributed by atoms with E-state index < -0.39 is 12.0 Å². The largest absolute Gasteiger partial charge is 0.493 e. The Labute approximate surface area is 224 Å². The van der Waals surface area contributed by atoms with Crippen LogP contribution in [0.1, 0.15) is 52.4 Å². The number of nitrogens with one attached hydrogen (secondary N) is 1. The van der Waals surface area contributed by atoms with E-state index in [1.54, 1.807) is 43.6 Å². The van der Waals surface area contributed by atoms with Gasteiger partial charge in [0.2, 0.25) is 5.91 Å². The van der Waals surface area contributed by atoms with Crippen molar-refractivity contribution in [1.82, 2.24) is 15.2 Å². The molecule has 4 rings (SSSR count). The molecule has 0 saturated carbocycles. The van der Waals surface area contributed by atoms with Gasteiger partial charge in [0.15, 0.2) is 11.5 Å². The Kier molecular flexibility index (Phi) is 8.51. The van der Waals surface area contributed by atoms with Gasteiger partial charge in [-0.25, -0.2) is 0 Å². The second-order valence-corrected chi connectivity index (χ2v) is 9.48. The number of pyridine rings is 1. The Morgan fingerprint density at radius 1 is 1.11 bits per heavy atom. The molecule has 2 amide bonds. The highest BCUT2D eigenvalue weighted by molar-refractivity contribution is 6.02. The molecule has 8 nitrogen and oxygen atoms in total. The predicted octanol–water partition coefficient (Wildman–Crippen LogP) is 4.35. The van der Waals surface area contributed by atoms with Gasteiger partial charge in [-0.05, 0) is 67.3 Å². The van der Waals surface area contributed by atoms with Gasteiger partial charge in [-0.15, -0.1) is 0 Å². The normalized spacial score (nSPS) is 16.6. The lowest BCUT2D eigenvalue weighted by atomic mass is 9.79. The molecule has 0 bridgehead atoms. The molecule has 38 heavy (non-hydrogen) atoms. The van der Waals surface area contributed by atoms with E-state index in [0.717, 1.165) is 25.1 Å². The van der Waals surface area contributed by atoms with Crippen LogP contribution in [0.3, 0.4) is 0 Å². The zero-order valence-corrected chi connectivity index (χ0v) is 22.7.